The highest BCUT2D eigenvalue weighted by Crippen LogP contribution is 2.21. The van der Waals surface area contributed by atoms with Crippen molar-refractivity contribution in [2.24, 2.45) is 5.14 Å². The van der Waals surface area contributed by atoms with E-state index >= 15 is 0 Å². The quantitative estimate of drug-likeness (QED) is 0.478. The summed E-state index contributed by atoms with van der Waals surface area (Å²) in [5.41, 5.74) is 3.07. The molecule has 0 bridgehead atoms. The Labute approximate surface area is 175 Å². The molecule has 0 saturated carbocycles. The lowest BCUT2D eigenvalue weighted by Crippen LogP contribution is -2.12. The number of anilines is 1. The molecule has 0 atom stereocenters. The van der Waals surface area contributed by atoms with E-state index in [0.717, 1.165) is 40.1 Å². The minimum absolute atomic E-state index is 0.117. The molecule has 0 unspecified atom stereocenters. The Hall–Kier alpha value is -3.29. The third kappa shape index (κ3) is 4.82. The third-order valence-electron chi connectivity index (χ3n) is 4.81. The maximum absolute atomic E-state index is 11.4. The smallest absolute Gasteiger partial charge is 0.238 e. The molecule has 3 aromatic carbocycles. The minimum atomic E-state index is -3.67. The van der Waals surface area contributed by atoms with Gasteiger partial charge in [-0.25, -0.2) is 23.5 Å². The average Bonchev–Trinajstić information content (AvgIpc) is 2.74. The zero-order valence-electron chi connectivity index (χ0n) is 16.3. The van der Waals surface area contributed by atoms with Crippen LogP contribution in [-0.4, -0.2) is 24.9 Å². The van der Waals surface area contributed by atoms with Gasteiger partial charge in [0.05, 0.1) is 10.4 Å². The molecule has 0 radical (unpaired) electrons. The first-order chi connectivity index (χ1) is 14.5. The largest absolute Gasteiger partial charge is 0.369 e. The van der Waals surface area contributed by atoms with Crippen LogP contribution in [0.15, 0.2) is 83.8 Å². The van der Waals surface area contributed by atoms with Crippen LogP contribution >= 0.6 is 0 Å². The molecule has 0 aliphatic heterocycles. The molecule has 0 aliphatic carbocycles. The zero-order chi connectivity index (χ0) is 21.0. The summed E-state index contributed by atoms with van der Waals surface area (Å²) < 4.78 is 22.8. The van der Waals surface area contributed by atoms with E-state index < -0.39 is 10.0 Å². The third-order valence-corrected chi connectivity index (χ3v) is 5.74. The zero-order valence-corrected chi connectivity index (χ0v) is 17.1. The first-order valence-corrected chi connectivity index (χ1v) is 11.2. The number of para-hydroxylation sites is 1. The van der Waals surface area contributed by atoms with E-state index in [-0.39, 0.29) is 4.90 Å². The van der Waals surface area contributed by atoms with Crippen molar-refractivity contribution >= 4 is 26.7 Å². The highest BCUT2D eigenvalue weighted by Gasteiger charge is 2.09. The standard InChI is InChI=1S/C23H22N4O2S/c24-30(28,29)19-12-10-17(11-13-19)14-15-25-23-20-8-4-5-9-21(20)26-22(27-23)16-18-6-2-1-3-7-18/h1-13H,14-16H2,(H2,24,28,29)(H,25,26,27). The molecule has 4 rings (SSSR count). The molecule has 6 nitrogen and oxygen atoms in total. The van der Waals surface area contributed by atoms with Crippen molar-refractivity contribution in [1.29, 1.82) is 0 Å². The van der Waals surface area contributed by atoms with Crippen molar-refractivity contribution in [3.63, 3.8) is 0 Å². The highest BCUT2D eigenvalue weighted by molar-refractivity contribution is 7.89. The van der Waals surface area contributed by atoms with Crippen LogP contribution in [-0.2, 0) is 22.9 Å². The molecule has 152 valence electrons. The molecule has 0 aliphatic rings. The number of hydrogen-bond donors (Lipinski definition) is 2. The van der Waals surface area contributed by atoms with Crippen LogP contribution in [0.3, 0.4) is 0 Å². The molecule has 3 N–H and O–H groups in total. The minimum Gasteiger partial charge on any atom is -0.369 e. The number of aromatic nitrogens is 2. The van der Waals surface area contributed by atoms with Gasteiger partial charge in [-0.2, -0.15) is 0 Å². The highest BCUT2D eigenvalue weighted by atomic mass is 32.2. The summed E-state index contributed by atoms with van der Waals surface area (Å²) in [7, 11) is -3.67. The van der Waals surface area contributed by atoms with Crippen LogP contribution < -0.4 is 10.5 Å². The number of fused-ring (bicyclic) bond motifs is 1. The summed E-state index contributed by atoms with van der Waals surface area (Å²) in [5.74, 6) is 1.56. The van der Waals surface area contributed by atoms with Gasteiger partial charge in [-0.1, -0.05) is 54.6 Å². The molecule has 4 aromatic rings. The fourth-order valence-electron chi connectivity index (χ4n) is 3.29. The monoisotopic (exact) mass is 418 g/mol. The van der Waals surface area contributed by atoms with Gasteiger partial charge in [0.1, 0.15) is 11.6 Å². The van der Waals surface area contributed by atoms with Crippen molar-refractivity contribution in [2.75, 3.05) is 11.9 Å². The van der Waals surface area contributed by atoms with Gasteiger partial charge in [-0.05, 0) is 41.8 Å². The Morgan fingerprint density at radius 2 is 1.50 bits per heavy atom. The normalized spacial score (nSPS) is 11.5. The fourth-order valence-corrected chi connectivity index (χ4v) is 3.80. The first-order valence-electron chi connectivity index (χ1n) is 9.64. The molecule has 0 amide bonds. The average molecular weight is 419 g/mol. The maximum atomic E-state index is 11.4. The van der Waals surface area contributed by atoms with Crippen molar-refractivity contribution < 1.29 is 8.42 Å². The number of nitrogens with zero attached hydrogens (tertiary/aromatic N) is 2. The van der Waals surface area contributed by atoms with Gasteiger partial charge in [0, 0.05) is 18.4 Å². The van der Waals surface area contributed by atoms with Crippen molar-refractivity contribution in [2.45, 2.75) is 17.7 Å². The molecule has 30 heavy (non-hydrogen) atoms. The number of sulfonamides is 1. The van der Waals surface area contributed by atoms with E-state index in [1.807, 2.05) is 42.5 Å². The molecular formula is C23H22N4O2S. The van der Waals surface area contributed by atoms with E-state index in [0.29, 0.717) is 13.0 Å². The van der Waals surface area contributed by atoms with Crippen LogP contribution in [0.5, 0.6) is 0 Å². The van der Waals surface area contributed by atoms with Gasteiger partial charge in [-0.15, -0.1) is 0 Å². The first kappa shape index (κ1) is 20.0. The lowest BCUT2D eigenvalue weighted by Gasteiger charge is -2.11. The topological polar surface area (TPSA) is 98.0 Å². The van der Waals surface area contributed by atoms with E-state index in [4.69, 9.17) is 15.1 Å². The van der Waals surface area contributed by atoms with Gasteiger partial charge in [-0.3, -0.25) is 0 Å². The molecule has 0 fully saturated rings. The van der Waals surface area contributed by atoms with Crippen molar-refractivity contribution in [1.82, 2.24) is 9.97 Å². The second-order valence-corrected chi connectivity index (χ2v) is 8.60. The number of benzene rings is 3. The molecule has 0 saturated heterocycles. The number of primary sulfonamides is 1. The summed E-state index contributed by atoms with van der Waals surface area (Å²) in [6.07, 6.45) is 1.38. The fraction of sp³-hybridized carbons (Fsp3) is 0.130. The van der Waals surface area contributed by atoms with E-state index in [2.05, 4.69) is 17.4 Å². The van der Waals surface area contributed by atoms with Gasteiger partial charge in [0.25, 0.3) is 0 Å². The van der Waals surface area contributed by atoms with Crippen LogP contribution in [0, 0.1) is 0 Å². The summed E-state index contributed by atoms with van der Waals surface area (Å²) in [4.78, 5) is 9.58. The van der Waals surface area contributed by atoms with Gasteiger partial charge in [0.2, 0.25) is 10.0 Å². The second kappa shape index (κ2) is 8.61. The van der Waals surface area contributed by atoms with Gasteiger partial charge >= 0.3 is 0 Å². The summed E-state index contributed by atoms with van der Waals surface area (Å²) in [6, 6.07) is 24.7. The molecular weight excluding hydrogens is 396 g/mol. The predicted molar refractivity (Wildman–Crippen MR) is 119 cm³/mol. The Morgan fingerprint density at radius 1 is 0.800 bits per heavy atom. The second-order valence-electron chi connectivity index (χ2n) is 7.03. The SMILES string of the molecule is NS(=O)(=O)c1ccc(CCNc2nc(Cc3ccccc3)nc3ccccc23)cc1. The number of rotatable bonds is 7. The lowest BCUT2D eigenvalue weighted by molar-refractivity contribution is 0.598. The van der Waals surface area contributed by atoms with Crippen LogP contribution in [0.1, 0.15) is 17.0 Å². The lowest BCUT2D eigenvalue weighted by atomic mass is 10.1. The summed E-state index contributed by atoms with van der Waals surface area (Å²) >= 11 is 0. The van der Waals surface area contributed by atoms with E-state index in [1.54, 1.807) is 12.1 Å². The van der Waals surface area contributed by atoms with Crippen LogP contribution in [0.4, 0.5) is 5.82 Å². The molecule has 7 heteroatoms. The summed E-state index contributed by atoms with van der Waals surface area (Å²) in [5, 5.41) is 9.54. The van der Waals surface area contributed by atoms with Crippen LogP contribution in [0.2, 0.25) is 0 Å². The Kier molecular flexibility index (Phi) is 5.74. The molecule has 1 heterocycles. The number of nitrogens with one attached hydrogen (secondary N) is 1. The molecule has 1 aromatic heterocycles. The number of hydrogen-bond acceptors (Lipinski definition) is 5. The Balaban J connectivity index is 1.51. The Morgan fingerprint density at radius 3 is 2.23 bits per heavy atom. The molecule has 0 spiro atoms. The van der Waals surface area contributed by atoms with E-state index in [9.17, 15) is 8.42 Å². The van der Waals surface area contributed by atoms with Gasteiger partial charge < -0.3 is 5.32 Å². The van der Waals surface area contributed by atoms with Crippen LogP contribution in [0.25, 0.3) is 10.9 Å². The predicted octanol–water partition coefficient (Wildman–Crippen LogP) is 3.52. The van der Waals surface area contributed by atoms with E-state index in [1.165, 1.54) is 12.1 Å². The van der Waals surface area contributed by atoms with Gasteiger partial charge in [0.15, 0.2) is 0 Å². The summed E-state index contributed by atoms with van der Waals surface area (Å²) in [6.45, 7) is 0.653. The van der Waals surface area contributed by atoms with Crippen molar-refractivity contribution in [3.8, 4) is 0 Å². The Bertz CT molecular complexity index is 1260. The number of nitrogens with two attached hydrogens (primary N) is 1. The maximum Gasteiger partial charge on any atom is 0.238 e. The van der Waals surface area contributed by atoms with Crippen molar-refractivity contribution in [3.05, 3.63) is 95.8 Å².